The van der Waals surface area contributed by atoms with E-state index >= 15 is 0 Å². The van der Waals surface area contributed by atoms with Gasteiger partial charge in [-0.25, -0.2) is 4.98 Å². The van der Waals surface area contributed by atoms with E-state index in [1.165, 1.54) is 0 Å². The van der Waals surface area contributed by atoms with Gasteiger partial charge in [0.25, 0.3) is 0 Å². The van der Waals surface area contributed by atoms with Crippen LogP contribution in [0.3, 0.4) is 0 Å². The molecule has 0 aliphatic heterocycles. The van der Waals surface area contributed by atoms with Crippen LogP contribution >= 0.6 is 11.3 Å². The lowest BCUT2D eigenvalue weighted by molar-refractivity contribution is -0.129. The maximum Gasteiger partial charge on any atom is 0.229 e. The number of hydrogen-bond donors (Lipinski definition) is 0. The number of aromatic nitrogens is 1. The summed E-state index contributed by atoms with van der Waals surface area (Å²) in [5.41, 5.74) is 0.999. The molecule has 3 nitrogen and oxygen atoms in total. The first-order valence-corrected chi connectivity index (χ1v) is 6.16. The van der Waals surface area contributed by atoms with E-state index in [-0.39, 0.29) is 5.91 Å². The van der Waals surface area contributed by atoms with E-state index in [1.807, 2.05) is 19.4 Å². The van der Waals surface area contributed by atoms with Gasteiger partial charge < -0.3 is 4.90 Å². The molecule has 1 amide bonds. The summed E-state index contributed by atoms with van der Waals surface area (Å²) in [5.74, 6) is 0.165. The fourth-order valence-corrected chi connectivity index (χ4v) is 2.03. The number of amides is 1. The summed E-state index contributed by atoms with van der Waals surface area (Å²) in [6.45, 7) is 4.92. The number of carbonyl (C=O) groups excluding carboxylic acids is 1. The molecule has 0 aliphatic rings. The molecule has 0 radical (unpaired) electrons. The second-order valence-electron chi connectivity index (χ2n) is 3.73. The zero-order valence-corrected chi connectivity index (χ0v) is 10.4. The average Bonchev–Trinajstić information content (AvgIpc) is 2.60. The second kappa shape index (κ2) is 5.85. The van der Waals surface area contributed by atoms with Crippen molar-refractivity contribution < 1.29 is 4.79 Å². The highest BCUT2D eigenvalue weighted by atomic mass is 32.1. The van der Waals surface area contributed by atoms with Gasteiger partial charge in [-0.05, 0) is 13.3 Å². The fraction of sp³-hybridized carbons (Fsp3) is 0.636. The van der Waals surface area contributed by atoms with Crippen molar-refractivity contribution in [2.45, 2.75) is 33.1 Å². The lowest BCUT2D eigenvalue weighted by Gasteiger charge is -2.15. The van der Waals surface area contributed by atoms with Crippen LogP contribution in [0.15, 0.2) is 5.38 Å². The minimum absolute atomic E-state index is 0.165. The van der Waals surface area contributed by atoms with Crippen LogP contribution in [0.1, 0.15) is 30.5 Å². The van der Waals surface area contributed by atoms with Crippen molar-refractivity contribution in [2.24, 2.45) is 0 Å². The molecule has 0 saturated carbocycles. The second-order valence-corrected chi connectivity index (χ2v) is 4.67. The Balaban J connectivity index is 2.41. The molecular formula is C11H18N2OS. The Kier molecular flexibility index (Phi) is 4.75. The first-order chi connectivity index (χ1) is 7.13. The van der Waals surface area contributed by atoms with Gasteiger partial charge in [0.2, 0.25) is 5.91 Å². The van der Waals surface area contributed by atoms with Crippen molar-refractivity contribution >= 4 is 17.2 Å². The Labute approximate surface area is 95.1 Å². The van der Waals surface area contributed by atoms with E-state index in [0.29, 0.717) is 6.42 Å². The predicted molar refractivity (Wildman–Crippen MR) is 63.1 cm³/mol. The van der Waals surface area contributed by atoms with Crippen LogP contribution in [0.2, 0.25) is 0 Å². The summed E-state index contributed by atoms with van der Waals surface area (Å²) in [6, 6.07) is 0. The molecule has 0 spiro atoms. The van der Waals surface area contributed by atoms with E-state index in [2.05, 4.69) is 11.9 Å². The van der Waals surface area contributed by atoms with Gasteiger partial charge in [-0.15, -0.1) is 11.3 Å². The first kappa shape index (κ1) is 12.2. The van der Waals surface area contributed by atoms with E-state index in [4.69, 9.17) is 0 Å². The van der Waals surface area contributed by atoms with Crippen LogP contribution in [-0.2, 0) is 11.2 Å². The zero-order valence-electron chi connectivity index (χ0n) is 9.62. The Morgan fingerprint density at radius 1 is 1.60 bits per heavy atom. The molecule has 0 aromatic carbocycles. The summed E-state index contributed by atoms with van der Waals surface area (Å²) >= 11 is 1.56. The van der Waals surface area contributed by atoms with E-state index in [0.717, 1.165) is 30.1 Å². The van der Waals surface area contributed by atoms with Gasteiger partial charge in [-0.1, -0.05) is 13.3 Å². The summed E-state index contributed by atoms with van der Waals surface area (Å²) in [7, 11) is 1.86. The molecule has 1 aromatic rings. The highest BCUT2D eigenvalue weighted by molar-refractivity contribution is 7.09. The standard InChI is InChI=1S/C11H18N2OS/c1-4-5-6-13(3)11(14)7-10-12-9(2)8-15-10/h8H,4-7H2,1-3H3. The molecule has 0 bridgehead atoms. The number of likely N-dealkylation sites (N-methyl/N-ethyl adjacent to an activating group) is 1. The molecule has 4 heteroatoms. The van der Waals surface area contributed by atoms with Gasteiger partial charge >= 0.3 is 0 Å². The molecule has 0 fully saturated rings. The molecule has 1 aromatic heterocycles. The Hall–Kier alpha value is -0.900. The Morgan fingerprint density at radius 3 is 2.87 bits per heavy atom. The highest BCUT2D eigenvalue weighted by Gasteiger charge is 2.10. The van der Waals surface area contributed by atoms with Crippen molar-refractivity contribution in [3.63, 3.8) is 0 Å². The van der Waals surface area contributed by atoms with Gasteiger partial charge in [0.15, 0.2) is 0 Å². The number of hydrogen-bond acceptors (Lipinski definition) is 3. The van der Waals surface area contributed by atoms with Gasteiger partial charge in [-0.3, -0.25) is 4.79 Å². The molecule has 0 unspecified atom stereocenters. The molecule has 0 aliphatic carbocycles. The van der Waals surface area contributed by atoms with E-state index in [1.54, 1.807) is 16.2 Å². The van der Waals surface area contributed by atoms with E-state index < -0.39 is 0 Å². The third-order valence-electron chi connectivity index (χ3n) is 2.24. The van der Waals surface area contributed by atoms with Crippen LogP contribution in [0.25, 0.3) is 0 Å². The molecule has 0 saturated heterocycles. The average molecular weight is 226 g/mol. The number of aryl methyl sites for hydroxylation is 1. The smallest absolute Gasteiger partial charge is 0.229 e. The van der Waals surface area contributed by atoms with Crippen LogP contribution < -0.4 is 0 Å². The number of thiazole rings is 1. The number of carbonyl (C=O) groups is 1. The van der Waals surface area contributed by atoms with Crippen molar-refractivity contribution in [3.05, 3.63) is 16.1 Å². The molecule has 15 heavy (non-hydrogen) atoms. The molecule has 1 rings (SSSR count). The maximum absolute atomic E-state index is 11.7. The summed E-state index contributed by atoms with van der Waals surface area (Å²) in [6.07, 6.45) is 2.63. The third-order valence-corrected chi connectivity index (χ3v) is 3.21. The fourth-order valence-electron chi connectivity index (χ4n) is 1.27. The molecular weight excluding hydrogens is 208 g/mol. The largest absolute Gasteiger partial charge is 0.345 e. The molecule has 84 valence electrons. The van der Waals surface area contributed by atoms with Crippen LogP contribution in [0.5, 0.6) is 0 Å². The van der Waals surface area contributed by atoms with Crippen LogP contribution in [0.4, 0.5) is 0 Å². The Morgan fingerprint density at radius 2 is 2.33 bits per heavy atom. The SMILES string of the molecule is CCCCN(C)C(=O)Cc1nc(C)cs1. The van der Waals surface area contributed by atoms with Gasteiger partial charge in [0.05, 0.1) is 6.42 Å². The van der Waals surface area contributed by atoms with Gasteiger partial charge in [0, 0.05) is 24.7 Å². The summed E-state index contributed by atoms with van der Waals surface area (Å²) in [5, 5.41) is 2.90. The minimum Gasteiger partial charge on any atom is -0.345 e. The lowest BCUT2D eigenvalue weighted by atomic mass is 10.3. The van der Waals surface area contributed by atoms with E-state index in [9.17, 15) is 4.79 Å². The topological polar surface area (TPSA) is 33.2 Å². The number of unbranched alkanes of at least 4 members (excludes halogenated alkanes) is 1. The van der Waals surface area contributed by atoms with Crippen molar-refractivity contribution in [1.82, 2.24) is 9.88 Å². The quantitative estimate of drug-likeness (QED) is 0.771. The Bertz CT molecular complexity index is 322. The van der Waals surface area contributed by atoms with Gasteiger partial charge in [0.1, 0.15) is 5.01 Å². The number of nitrogens with zero attached hydrogens (tertiary/aromatic N) is 2. The number of rotatable bonds is 5. The zero-order chi connectivity index (χ0) is 11.3. The third kappa shape index (κ3) is 4.00. The monoisotopic (exact) mass is 226 g/mol. The van der Waals surface area contributed by atoms with Crippen LogP contribution in [-0.4, -0.2) is 29.4 Å². The molecule has 1 heterocycles. The minimum atomic E-state index is 0.165. The predicted octanol–water partition coefficient (Wildman–Crippen LogP) is 2.25. The molecule has 0 atom stereocenters. The van der Waals surface area contributed by atoms with Gasteiger partial charge in [-0.2, -0.15) is 0 Å². The van der Waals surface area contributed by atoms with Crippen molar-refractivity contribution in [3.8, 4) is 0 Å². The van der Waals surface area contributed by atoms with Crippen molar-refractivity contribution in [1.29, 1.82) is 0 Å². The highest BCUT2D eigenvalue weighted by Crippen LogP contribution is 2.10. The summed E-state index contributed by atoms with van der Waals surface area (Å²) < 4.78 is 0. The maximum atomic E-state index is 11.7. The molecule has 0 N–H and O–H groups in total. The summed E-state index contributed by atoms with van der Waals surface area (Å²) in [4.78, 5) is 17.8. The normalized spacial score (nSPS) is 10.3. The lowest BCUT2D eigenvalue weighted by Crippen LogP contribution is -2.29. The van der Waals surface area contributed by atoms with Crippen LogP contribution in [0, 0.1) is 6.92 Å². The first-order valence-electron chi connectivity index (χ1n) is 5.28. The van der Waals surface area contributed by atoms with Crippen molar-refractivity contribution in [2.75, 3.05) is 13.6 Å².